The Morgan fingerprint density at radius 2 is 2.38 bits per heavy atom. The summed E-state index contributed by atoms with van der Waals surface area (Å²) in [7, 11) is 0. The number of nitrogens with one attached hydrogen (secondary N) is 1. The van der Waals surface area contributed by atoms with E-state index in [9.17, 15) is 0 Å². The highest BCUT2D eigenvalue weighted by Crippen LogP contribution is 2.20. The lowest BCUT2D eigenvalue weighted by Gasteiger charge is -2.38. The average molecular weight is 221 g/mol. The molecule has 1 fully saturated rings. The molecule has 1 aromatic heterocycles. The first kappa shape index (κ1) is 10.2. The van der Waals surface area contributed by atoms with Gasteiger partial charge in [0.25, 0.3) is 0 Å². The Morgan fingerprint density at radius 1 is 1.44 bits per heavy atom. The molecular formula is C11H19N5. The fourth-order valence-corrected chi connectivity index (χ4v) is 2.83. The predicted octanol–water partition coefficient (Wildman–Crippen LogP) is 0.234. The van der Waals surface area contributed by atoms with Crippen LogP contribution in [0, 0.1) is 0 Å². The average Bonchev–Trinajstić information content (AvgIpc) is 2.75. The van der Waals surface area contributed by atoms with Gasteiger partial charge in [-0.1, -0.05) is 0 Å². The van der Waals surface area contributed by atoms with Crippen LogP contribution in [0.3, 0.4) is 0 Å². The van der Waals surface area contributed by atoms with Crippen LogP contribution in [0.15, 0.2) is 6.33 Å². The topological polar surface area (TPSA) is 46.0 Å². The van der Waals surface area contributed by atoms with E-state index < -0.39 is 0 Å². The quantitative estimate of drug-likeness (QED) is 0.737. The molecule has 0 aromatic carbocycles. The van der Waals surface area contributed by atoms with Crippen LogP contribution in [0.1, 0.15) is 25.6 Å². The SMILES string of the molecule is CC1CC(N2CCn3cnnc3C2)CCN1. The molecular weight excluding hydrogens is 202 g/mol. The molecule has 1 N–H and O–H groups in total. The van der Waals surface area contributed by atoms with Gasteiger partial charge in [-0.05, 0) is 26.3 Å². The molecule has 0 aliphatic carbocycles. The van der Waals surface area contributed by atoms with Crippen LogP contribution < -0.4 is 5.32 Å². The van der Waals surface area contributed by atoms with Crippen LogP contribution in [-0.4, -0.2) is 44.8 Å². The van der Waals surface area contributed by atoms with Crippen molar-refractivity contribution < 1.29 is 0 Å². The van der Waals surface area contributed by atoms with Crippen LogP contribution in [-0.2, 0) is 13.1 Å². The summed E-state index contributed by atoms with van der Waals surface area (Å²) in [6.07, 6.45) is 4.37. The highest BCUT2D eigenvalue weighted by atomic mass is 15.3. The number of fused-ring (bicyclic) bond motifs is 1. The van der Waals surface area contributed by atoms with Gasteiger partial charge in [0.15, 0.2) is 0 Å². The first-order valence-electron chi connectivity index (χ1n) is 6.17. The smallest absolute Gasteiger partial charge is 0.147 e. The van der Waals surface area contributed by atoms with E-state index in [4.69, 9.17) is 0 Å². The van der Waals surface area contributed by atoms with E-state index in [1.165, 1.54) is 12.8 Å². The second-order valence-electron chi connectivity index (χ2n) is 4.94. The molecule has 0 bridgehead atoms. The van der Waals surface area contributed by atoms with Gasteiger partial charge in [-0.2, -0.15) is 0 Å². The third-order valence-electron chi connectivity index (χ3n) is 3.78. The molecule has 1 aromatic rings. The summed E-state index contributed by atoms with van der Waals surface area (Å²) in [5.74, 6) is 1.12. The second kappa shape index (κ2) is 4.14. The summed E-state index contributed by atoms with van der Waals surface area (Å²) in [5, 5.41) is 11.7. The van der Waals surface area contributed by atoms with Gasteiger partial charge in [0.2, 0.25) is 0 Å². The van der Waals surface area contributed by atoms with Crippen molar-refractivity contribution in [2.45, 2.75) is 44.9 Å². The fourth-order valence-electron chi connectivity index (χ4n) is 2.83. The first-order chi connectivity index (χ1) is 7.83. The number of nitrogens with zero attached hydrogens (tertiary/aromatic N) is 4. The maximum atomic E-state index is 4.18. The number of hydrogen-bond donors (Lipinski definition) is 1. The Labute approximate surface area is 95.8 Å². The Balaban J connectivity index is 1.68. The maximum absolute atomic E-state index is 4.18. The van der Waals surface area contributed by atoms with Gasteiger partial charge in [-0.25, -0.2) is 0 Å². The minimum atomic E-state index is 0.651. The van der Waals surface area contributed by atoms with Gasteiger partial charge in [0, 0.05) is 25.2 Å². The van der Waals surface area contributed by atoms with Crippen molar-refractivity contribution in [3.8, 4) is 0 Å². The lowest BCUT2D eigenvalue weighted by molar-refractivity contribution is 0.114. The van der Waals surface area contributed by atoms with Crippen LogP contribution in [0.5, 0.6) is 0 Å². The molecule has 0 amide bonds. The van der Waals surface area contributed by atoms with E-state index >= 15 is 0 Å². The molecule has 0 saturated carbocycles. The lowest BCUT2D eigenvalue weighted by Crippen LogP contribution is -2.49. The van der Waals surface area contributed by atoms with Gasteiger partial charge in [0.1, 0.15) is 12.2 Å². The molecule has 3 rings (SSSR count). The van der Waals surface area contributed by atoms with Crippen LogP contribution in [0.25, 0.3) is 0 Å². The number of hydrogen-bond acceptors (Lipinski definition) is 4. The molecule has 16 heavy (non-hydrogen) atoms. The van der Waals surface area contributed by atoms with Crippen LogP contribution in [0.2, 0.25) is 0 Å². The molecule has 3 heterocycles. The monoisotopic (exact) mass is 221 g/mol. The molecule has 2 aliphatic heterocycles. The minimum Gasteiger partial charge on any atom is -0.315 e. The molecule has 5 heteroatoms. The predicted molar refractivity (Wildman–Crippen MR) is 60.9 cm³/mol. The van der Waals surface area contributed by atoms with Crippen molar-refractivity contribution >= 4 is 0 Å². The lowest BCUT2D eigenvalue weighted by atomic mass is 9.98. The van der Waals surface area contributed by atoms with Crippen molar-refractivity contribution in [2.24, 2.45) is 0 Å². The van der Waals surface area contributed by atoms with E-state index in [-0.39, 0.29) is 0 Å². The van der Waals surface area contributed by atoms with E-state index in [0.29, 0.717) is 6.04 Å². The van der Waals surface area contributed by atoms with Crippen molar-refractivity contribution in [1.82, 2.24) is 25.0 Å². The molecule has 88 valence electrons. The molecule has 2 aliphatic rings. The molecule has 2 unspecified atom stereocenters. The first-order valence-corrected chi connectivity index (χ1v) is 6.17. The number of rotatable bonds is 1. The maximum Gasteiger partial charge on any atom is 0.147 e. The van der Waals surface area contributed by atoms with Gasteiger partial charge in [-0.15, -0.1) is 10.2 Å². The largest absolute Gasteiger partial charge is 0.315 e. The number of piperidine rings is 1. The fraction of sp³-hybridized carbons (Fsp3) is 0.818. The summed E-state index contributed by atoms with van der Waals surface area (Å²) in [4.78, 5) is 2.57. The van der Waals surface area contributed by atoms with Gasteiger partial charge in [-0.3, -0.25) is 4.90 Å². The second-order valence-corrected chi connectivity index (χ2v) is 4.94. The Kier molecular flexibility index (Phi) is 2.65. The Bertz CT molecular complexity index is 361. The zero-order chi connectivity index (χ0) is 11.0. The summed E-state index contributed by atoms with van der Waals surface area (Å²) < 4.78 is 2.17. The van der Waals surface area contributed by atoms with E-state index in [2.05, 4.69) is 31.9 Å². The third kappa shape index (κ3) is 1.85. The molecule has 1 saturated heterocycles. The normalized spacial score (nSPS) is 31.3. The molecule has 0 radical (unpaired) electrons. The van der Waals surface area contributed by atoms with Crippen molar-refractivity contribution in [2.75, 3.05) is 13.1 Å². The molecule has 2 atom stereocenters. The van der Waals surface area contributed by atoms with Gasteiger partial charge in [0.05, 0.1) is 6.54 Å². The van der Waals surface area contributed by atoms with Crippen LogP contribution >= 0.6 is 0 Å². The third-order valence-corrected chi connectivity index (χ3v) is 3.78. The Morgan fingerprint density at radius 3 is 3.25 bits per heavy atom. The Hall–Kier alpha value is -0.940. The van der Waals surface area contributed by atoms with Crippen molar-refractivity contribution in [1.29, 1.82) is 0 Å². The number of aromatic nitrogens is 3. The summed E-state index contributed by atoms with van der Waals surface area (Å²) in [5.41, 5.74) is 0. The standard InChI is InChI=1S/C11H19N5/c1-9-6-10(2-3-12-9)15-4-5-16-8-13-14-11(16)7-15/h8-10,12H,2-7H2,1H3. The highest BCUT2D eigenvalue weighted by molar-refractivity contribution is 4.93. The van der Waals surface area contributed by atoms with E-state index in [0.717, 1.165) is 38.0 Å². The zero-order valence-corrected chi connectivity index (χ0v) is 9.76. The zero-order valence-electron chi connectivity index (χ0n) is 9.76. The molecule has 0 spiro atoms. The van der Waals surface area contributed by atoms with Gasteiger partial charge >= 0.3 is 0 Å². The highest BCUT2D eigenvalue weighted by Gasteiger charge is 2.27. The minimum absolute atomic E-state index is 0.651. The van der Waals surface area contributed by atoms with E-state index in [1.807, 2.05) is 6.33 Å². The van der Waals surface area contributed by atoms with Crippen LogP contribution in [0.4, 0.5) is 0 Å². The molecule has 5 nitrogen and oxygen atoms in total. The summed E-state index contributed by atoms with van der Waals surface area (Å²) in [6, 6.07) is 1.38. The van der Waals surface area contributed by atoms with E-state index in [1.54, 1.807) is 0 Å². The van der Waals surface area contributed by atoms with Crippen molar-refractivity contribution in [3.63, 3.8) is 0 Å². The summed E-state index contributed by atoms with van der Waals surface area (Å²) >= 11 is 0. The summed E-state index contributed by atoms with van der Waals surface area (Å²) in [6.45, 7) is 6.58. The van der Waals surface area contributed by atoms with Gasteiger partial charge < -0.3 is 9.88 Å². The van der Waals surface area contributed by atoms with Crippen molar-refractivity contribution in [3.05, 3.63) is 12.2 Å².